The Morgan fingerprint density at radius 3 is 2.41 bits per heavy atom. The normalized spacial score (nSPS) is 12.1. The fourth-order valence-electron chi connectivity index (χ4n) is 1.61. The molecule has 0 aromatic heterocycles. The number of nitrogens with one attached hydrogen (secondary N) is 2. The minimum atomic E-state index is -0.175. The van der Waals surface area contributed by atoms with Crippen LogP contribution in [0, 0.1) is 12.7 Å². The average Bonchev–Trinajstić information content (AvgIpc) is 2.42. The second-order valence-corrected chi connectivity index (χ2v) is 6.07. The Morgan fingerprint density at radius 1 is 1.27 bits per heavy atom. The van der Waals surface area contributed by atoms with Crippen LogP contribution < -0.4 is 10.6 Å². The molecule has 1 aromatic rings. The third kappa shape index (κ3) is 6.48. The first-order chi connectivity index (χ1) is 9.76. The van der Waals surface area contributed by atoms with Gasteiger partial charge in [0.05, 0.1) is 0 Å². The summed E-state index contributed by atoms with van der Waals surface area (Å²) in [5, 5.41) is 6.49. The lowest BCUT2D eigenvalue weighted by molar-refractivity contribution is 0.197. The number of hydrogen-bond acceptors (Lipinski definition) is 2. The fraction of sp³-hybridized carbons (Fsp3) is 0.562. The summed E-state index contributed by atoms with van der Waals surface area (Å²) in [6.45, 7) is 7.38. The molecule has 0 radical (unpaired) electrons. The van der Waals surface area contributed by atoms with E-state index in [9.17, 15) is 4.39 Å². The van der Waals surface area contributed by atoms with E-state index >= 15 is 0 Å². The molecule has 0 amide bonds. The van der Waals surface area contributed by atoms with E-state index in [-0.39, 0.29) is 35.3 Å². The van der Waals surface area contributed by atoms with Crippen molar-refractivity contribution >= 4 is 29.9 Å². The first-order valence-electron chi connectivity index (χ1n) is 7.13. The molecule has 0 atom stereocenters. The number of rotatable bonds is 5. The highest BCUT2D eigenvalue weighted by molar-refractivity contribution is 14.0. The molecule has 126 valence electrons. The van der Waals surface area contributed by atoms with Gasteiger partial charge in [-0.3, -0.25) is 4.99 Å². The number of nitrogens with zero attached hydrogens (tertiary/aromatic N) is 2. The number of halogens is 2. The van der Waals surface area contributed by atoms with Gasteiger partial charge in [0.1, 0.15) is 5.82 Å². The zero-order valence-corrected chi connectivity index (χ0v) is 16.7. The zero-order valence-electron chi connectivity index (χ0n) is 14.3. The quantitative estimate of drug-likeness (QED) is 0.436. The van der Waals surface area contributed by atoms with Crippen molar-refractivity contribution in [2.24, 2.45) is 4.99 Å². The minimum absolute atomic E-state index is 0. The van der Waals surface area contributed by atoms with Gasteiger partial charge in [-0.25, -0.2) is 4.39 Å². The smallest absolute Gasteiger partial charge is 0.191 e. The molecule has 22 heavy (non-hydrogen) atoms. The first-order valence-corrected chi connectivity index (χ1v) is 7.13. The van der Waals surface area contributed by atoms with Crippen LogP contribution in [0.5, 0.6) is 0 Å². The first kappa shape index (κ1) is 21.1. The molecule has 0 heterocycles. The van der Waals surface area contributed by atoms with E-state index in [1.54, 1.807) is 26.1 Å². The van der Waals surface area contributed by atoms with E-state index < -0.39 is 0 Å². The van der Waals surface area contributed by atoms with Crippen LogP contribution in [0.25, 0.3) is 0 Å². The summed E-state index contributed by atoms with van der Waals surface area (Å²) >= 11 is 0. The molecule has 0 bridgehead atoms. The van der Waals surface area contributed by atoms with E-state index in [0.29, 0.717) is 18.1 Å². The Kier molecular flexibility index (Phi) is 8.92. The topological polar surface area (TPSA) is 39.7 Å². The molecule has 0 saturated heterocycles. The van der Waals surface area contributed by atoms with Gasteiger partial charge >= 0.3 is 0 Å². The van der Waals surface area contributed by atoms with Crippen molar-refractivity contribution in [2.45, 2.75) is 32.9 Å². The number of benzene rings is 1. The van der Waals surface area contributed by atoms with E-state index in [0.717, 1.165) is 12.1 Å². The predicted octanol–water partition coefficient (Wildman–Crippen LogP) is 2.76. The van der Waals surface area contributed by atoms with Crippen LogP contribution in [0.1, 0.15) is 25.0 Å². The van der Waals surface area contributed by atoms with Crippen LogP contribution in [0.15, 0.2) is 23.2 Å². The Balaban J connectivity index is 0.00000441. The Morgan fingerprint density at radius 2 is 1.91 bits per heavy atom. The van der Waals surface area contributed by atoms with Crippen LogP contribution in [0.4, 0.5) is 4.39 Å². The number of hydrogen-bond donors (Lipinski definition) is 2. The van der Waals surface area contributed by atoms with Crippen molar-refractivity contribution in [3.63, 3.8) is 0 Å². The largest absolute Gasteiger partial charge is 0.355 e. The Labute approximate surface area is 150 Å². The molecule has 0 aliphatic carbocycles. The second-order valence-electron chi connectivity index (χ2n) is 6.07. The van der Waals surface area contributed by atoms with E-state index in [1.165, 1.54) is 0 Å². The van der Waals surface area contributed by atoms with Crippen molar-refractivity contribution in [1.82, 2.24) is 15.5 Å². The Hall–Kier alpha value is -0.890. The summed E-state index contributed by atoms with van der Waals surface area (Å²) in [6.07, 6.45) is 0. The van der Waals surface area contributed by atoms with Gasteiger partial charge in [-0.1, -0.05) is 12.1 Å². The van der Waals surface area contributed by atoms with Crippen molar-refractivity contribution in [1.29, 1.82) is 0 Å². The predicted molar refractivity (Wildman–Crippen MR) is 103 cm³/mol. The molecular weight excluding hydrogens is 394 g/mol. The average molecular weight is 422 g/mol. The maximum absolute atomic E-state index is 13.5. The molecule has 0 aliphatic heterocycles. The van der Waals surface area contributed by atoms with E-state index in [1.807, 2.05) is 20.2 Å². The highest BCUT2D eigenvalue weighted by Crippen LogP contribution is 2.09. The number of likely N-dealkylation sites (N-methyl/N-ethyl adjacent to an activating group) is 1. The molecular formula is C16H28FIN4. The number of aryl methyl sites for hydroxylation is 1. The molecule has 1 aromatic carbocycles. The lowest BCUT2D eigenvalue weighted by Crippen LogP contribution is -2.50. The molecule has 0 saturated carbocycles. The molecule has 0 unspecified atom stereocenters. The second kappa shape index (κ2) is 9.29. The lowest BCUT2D eigenvalue weighted by atomic mass is 10.0. The van der Waals surface area contributed by atoms with Gasteiger partial charge in [-0.15, -0.1) is 24.0 Å². The third-order valence-electron chi connectivity index (χ3n) is 3.82. The standard InChI is InChI=1S/C16H27FN4.HI/c1-12-7-8-13(9-14(12)17)10-19-15(18-4)20-11-16(2,3)21(5)6;/h7-9H,10-11H2,1-6H3,(H2,18,19,20);1H. The lowest BCUT2D eigenvalue weighted by Gasteiger charge is -2.33. The van der Waals surface area contributed by atoms with Crippen LogP contribution in [0.2, 0.25) is 0 Å². The van der Waals surface area contributed by atoms with Crippen LogP contribution in [-0.4, -0.2) is 44.1 Å². The van der Waals surface area contributed by atoms with Gasteiger partial charge in [0.25, 0.3) is 0 Å². The molecule has 4 nitrogen and oxygen atoms in total. The van der Waals surface area contributed by atoms with Crippen molar-refractivity contribution in [3.8, 4) is 0 Å². The fourth-order valence-corrected chi connectivity index (χ4v) is 1.61. The van der Waals surface area contributed by atoms with Gasteiger partial charge in [0.2, 0.25) is 0 Å². The third-order valence-corrected chi connectivity index (χ3v) is 3.82. The SMILES string of the molecule is CN=C(NCc1ccc(C)c(F)c1)NCC(C)(C)N(C)C.I. The number of guanidine groups is 1. The molecule has 0 fully saturated rings. The highest BCUT2D eigenvalue weighted by atomic mass is 127. The summed E-state index contributed by atoms with van der Waals surface area (Å²) in [4.78, 5) is 6.34. The monoisotopic (exact) mass is 422 g/mol. The highest BCUT2D eigenvalue weighted by Gasteiger charge is 2.20. The summed E-state index contributed by atoms with van der Waals surface area (Å²) in [6, 6.07) is 5.26. The maximum Gasteiger partial charge on any atom is 0.191 e. The van der Waals surface area contributed by atoms with Gasteiger partial charge in [-0.2, -0.15) is 0 Å². The van der Waals surface area contributed by atoms with Gasteiger partial charge < -0.3 is 15.5 Å². The van der Waals surface area contributed by atoms with Gasteiger partial charge in [0.15, 0.2) is 5.96 Å². The van der Waals surface area contributed by atoms with Crippen LogP contribution in [0.3, 0.4) is 0 Å². The van der Waals surface area contributed by atoms with Crippen molar-refractivity contribution < 1.29 is 4.39 Å². The molecule has 0 spiro atoms. The van der Waals surface area contributed by atoms with E-state index in [2.05, 4.69) is 34.4 Å². The summed E-state index contributed by atoms with van der Waals surface area (Å²) in [5.41, 5.74) is 1.58. The van der Waals surface area contributed by atoms with Gasteiger partial charge in [0, 0.05) is 25.7 Å². The van der Waals surface area contributed by atoms with Crippen LogP contribution >= 0.6 is 24.0 Å². The maximum atomic E-state index is 13.5. The number of aliphatic imine (C=N–C) groups is 1. The van der Waals surface area contributed by atoms with E-state index in [4.69, 9.17) is 0 Å². The minimum Gasteiger partial charge on any atom is -0.355 e. The Bertz CT molecular complexity index is 501. The summed E-state index contributed by atoms with van der Waals surface area (Å²) < 4.78 is 13.5. The molecule has 1 rings (SSSR count). The molecule has 0 aliphatic rings. The van der Waals surface area contributed by atoms with Gasteiger partial charge in [-0.05, 0) is 52.1 Å². The zero-order chi connectivity index (χ0) is 16.0. The molecule has 6 heteroatoms. The molecule has 2 N–H and O–H groups in total. The van der Waals surface area contributed by atoms with Crippen LogP contribution in [-0.2, 0) is 6.54 Å². The summed E-state index contributed by atoms with van der Waals surface area (Å²) in [5.74, 6) is 0.539. The van der Waals surface area contributed by atoms with Crippen molar-refractivity contribution in [3.05, 3.63) is 35.1 Å². The van der Waals surface area contributed by atoms with Crippen molar-refractivity contribution in [2.75, 3.05) is 27.7 Å². The summed E-state index contributed by atoms with van der Waals surface area (Å²) in [7, 11) is 5.83.